The van der Waals surface area contributed by atoms with E-state index in [1.807, 2.05) is 45.2 Å². The summed E-state index contributed by atoms with van der Waals surface area (Å²) in [4.78, 5) is 13.8. The number of phenols is 1. The average molecular weight is 539 g/mol. The number of aromatic nitrogens is 2. The van der Waals surface area contributed by atoms with Gasteiger partial charge in [0.05, 0.1) is 32.0 Å². The van der Waals surface area contributed by atoms with E-state index >= 15 is 0 Å². The standard InChI is InChI=1S/C23H27N5O3.C5H13N.C2H6/c1-31-23-25-20-13-27(21-11-17(30)10-15-4-2-3-5-18(15)21)8-6-19(20)22(26-23)28-9-7-24-12-16(28)14-29;1-3-4-5-6-2;1-2/h2-5,10-11,16,24,29-30H,6-9,12-14H2,1H3;6H,3-5H2,1-2H3;1-2H3. The van der Waals surface area contributed by atoms with Gasteiger partial charge in [0.2, 0.25) is 0 Å². The number of ether oxygens (including phenoxy) is 1. The highest BCUT2D eigenvalue weighted by Crippen LogP contribution is 2.36. The third kappa shape index (κ3) is 7.50. The van der Waals surface area contributed by atoms with Gasteiger partial charge in [0, 0.05) is 48.9 Å². The minimum absolute atomic E-state index is 0.0227. The lowest BCUT2D eigenvalue weighted by atomic mass is 10.0. The second kappa shape index (κ2) is 15.5. The third-order valence-corrected chi connectivity index (χ3v) is 6.98. The van der Waals surface area contributed by atoms with E-state index in [4.69, 9.17) is 4.74 Å². The monoisotopic (exact) mass is 538 g/mol. The van der Waals surface area contributed by atoms with Gasteiger partial charge < -0.3 is 35.4 Å². The summed E-state index contributed by atoms with van der Waals surface area (Å²) >= 11 is 0. The Morgan fingerprint density at radius 3 is 2.64 bits per heavy atom. The SMILES string of the molecule is CC.CCCCNC.COc1nc2c(c(N3CCNCC3CO)n1)CCN(c1cc(O)cc3ccccc13)C2. The van der Waals surface area contributed by atoms with Crippen molar-refractivity contribution < 1.29 is 14.9 Å². The van der Waals surface area contributed by atoms with Crippen LogP contribution < -0.4 is 25.2 Å². The highest BCUT2D eigenvalue weighted by Gasteiger charge is 2.30. The fourth-order valence-electron chi connectivity index (χ4n) is 5.02. The summed E-state index contributed by atoms with van der Waals surface area (Å²) in [7, 11) is 3.56. The maximum absolute atomic E-state index is 10.3. The lowest BCUT2D eigenvalue weighted by molar-refractivity contribution is 0.245. The predicted octanol–water partition coefficient (Wildman–Crippen LogP) is 3.71. The summed E-state index contributed by atoms with van der Waals surface area (Å²) in [5.74, 6) is 1.12. The number of fused-ring (bicyclic) bond motifs is 2. The maximum Gasteiger partial charge on any atom is 0.318 e. The van der Waals surface area contributed by atoms with Crippen LogP contribution in [0.5, 0.6) is 11.8 Å². The Kier molecular flexibility index (Phi) is 12.0. The fraction of sp³-hybridized carbons (Fsp3) is 0.533. The van der Waals surface area contributed by atoms with Crippen LogP contribution in [0.4, 0.5) is 11.5 Å². The van der Waals surface area contributed by atoms with E-state index in [0.29, 0.717) is 12.6 Å². The maximum atomic E-state index is 10.3. The van der Waals surface area contributed by atoms with E-state index in [2.05, 4.69) is 43.4 Å². The van der Waals surface area contributed by atoms with Crippen LogP contribution in [0.2, 0.25) is 0 Å². The van der Waals surface area contributed by atoms with Gasteiger partial charge in [-0.3, -0.25) is 0 Å². The number of anilines is 2. The number of nitrogens with zero attached hydrogens (tertiary/aromatic N) is 4. The molecule has 4 N–H and O–H groups in total. The van der Waals surface area contributed by atoms with Gasteiger partial charge in [-0.15, -0.1) is 0 Å². The van der Waals surface area contributed by atoms with Crippen LogP contribution in [0.15, 0.2) is 36.4 Å². The second-order valence-electron chi connectivity index (χ2n) is 9.51. The third-order valence-electron chi connectivity index (χ3n) is 6.98. The van der Waals surface area contributed by atoms with Gasteiger partial charge in [0.1, 0.15) is 11.6 Å². The van der Waals surface area contributed by atoms with Crippen LogP contribution in [-0.4, -0.2) is 79.7 Å². The molecule has 3 heterocycles. The van der Waals surface area contributed by atoms with Crippen LogP contribution in [0.3, 0.4) is 0 Å². The number of unbranched alkanes of at least 4 members (excludes halogenated alkanes) is 1. The Morgan fingerprint density at radius 2 is 1.95 bits per heavy atom. The van der Waals surface area contributed by atoms with Gasteiger partial charge in [-0.05, 0) is 37.9 Å². The first kappa shape index (κ1) is 30.4. The highest BCUT2D eigenvalue weighted by atomic mass is 16.5. The summed E-state index contributed by atoms with van der Waals surface area (Å²) in [6, 6.07) is 12.0. The Morgan fingerprint density at radius 1 is 1.15 bits per heavy atom. The molecule has 5 rings (SSSR count). The van der Waals surface area contributed by atoms with Crippen molar-refractivity contribution in [2.45, 2.75) is 52.6 Å². The normalized spacial score (nSPS) is 16.5. The Balaban J connectivity index is 0.000000467. The van der Waals surface area contributed by atoms with E-state index in [1.165, 1.54) is 12.8 Å². The minimum atomic E-state index is -0.0227. The first-order valence-electron chi connectivity index (χ1n) is 14.2. The zero-order chi connectivity index (χ0) is 28.2. The smallest absolute Gasteiger partial charge is 0.318 e. The molecule has 0 aliphatic carbocycles. The van der Waals surface area contributed by atoms with Crippen LogP contribution >= 0.6 is 0 Å². The molecule has 0 spiro atoms. The van der Waals surface area contributed by atoms with Crippen molar-refractivity contribution >= 4 is 22.3 Å². The van der Waals surface area contributed by atoms with Gasteiger partial charge in [0.15, 0.2) is 0 Å². The molecule has 214 valence electrons. The van der Waals surface area contributed by atoms with E-state index in [-0.39, 0.29) is 18.4 Å². The molecule has 2 aliphatic rings. The minimum Gasteiger partial charge on any atom is -0.508 e. The fourth-order valence-corrected chi connectivity index (χ4v) is 5.02. The summed E-state index contributed by atoms with van der Waals surface area (Å²) in [5.41, 5.74) is 3.04. The number of rotatable bonds is 7. The largest absolute Gasteiger partial charge is 0.508 e. The van der Waals surface area contributed by atoms with Crippen LogP contribution in [0.1, 0.15) is 44.9 Å². The molecule has 0 radical (unpaired) electrons. The number of hydrogen-bond donors (Lipinski definition) is 4. The molecular formula is C30H46N6O3. The van der Waals surface area contributed by atoms with E-state index < -0.39 is 0 Å². The highest BCUT2D eigenvalue weighted by molar-refractivity contribution is 5.95. The van der Waals surface area contributed by atoms with Crippen molar-refractivity contribution in [2.24, 2.45) is 0 Å². The zero-order valence-electron chi connectivity index (χ0n) is 24.2. The van der Waals surface area contributed by atoms with Crippen LogP contribution in [0.25, 0.3) is 10.8 Å². The molecular weight excluding hydrogens is 492 g/mol. The number of benzene rings is 2. The lowest BCUT2D eigenvalue weighted by Gasteiger charge is -2.39. The molecule has 1 unspecified atom stereocenters. The molecule has 0 amide bonds. The van der Waals surface area contributed by atoms with Crippen molar-refractivity contribution in [3.8, 4) is 11.8 Å². The van der Waals surface area contributed by atoms with Crippen molar-refractivity contribution in [1.82, 2.24) is 20.6 Å². The van der Waals surface area contributed by atoms with Crippen LogP contribution in [0, 0.1) is 0 Å². The van der Waals surface area contributed by atoms with Crippen molar-refractivity contribution in [3.63, 3.8) is 0 Å². The molecule has 2 aliphatic heterocycles. The van der Waals surface area contributed by atoms with Gasteiger partial charge >= 0.3 is 6.01 Å². The number of methoxy groups -OCH3 is 1. The summed E-state index contributed by atoms with van der Waals surface area (Å²) in [5, 5.41) is 28.7. The Bertz CT molecular complexity index is 1170. The molecule has 0 bridgehead atoms. The number of aromatic hydroxyl groups is 1. The summed E-state index contributed by atoms with van der Waals surface area (Å²) in [6.45, 7) is 11.2. The molecule has 2 aromatic carbocycles. The van der Waals surface area contributed by atoms with Gasteiger partial charge in [-0.2, -0.15) is 9.97 Å². The number of phenolic OH excluding ortho intramolecular Hbond substituents is 1. The Labute approximate surface area is 233 Å². The molecule has 1 atom stereocenters. The van der Waals surface area contributed by atoms with Crippen LogP contribution in [-0.2, 0) is 13.0 Å². The zero-order valence-corrected chi connectivity index (χ0v) is 24.2. The van der Waals surface area contributed by atoms with Gasteiger partial charge in [0.25, 0.3) is 0 Å². The number of hydrogen-bond acceptors (Lipinski definition) is 9. The molecule has 1 fully saturated rings. The van der Waals surface area contributed by atoms with E-state index in [1.54, 1.807) is 13.2 Å². The predicted molar refractivity (Wildman–Crippen MR) is 160 cm³/mol. The number of piperazine rings is 1. The van der Waals surface area contributed by atoms with Crippen molar-refractivity contribution in [1.29, 1.82) is 0 Å². The average Bonchev–Trinajstić information content (AvgIpc) is 3.00. The number of aliphatic hydroxyl groups is 1. The number of nitrogens with one attached hydrogen (secondary N) is 2. The first-order valence-corrected chi connectivity index (χ1v) is 14.2. The number of aliphatic hydroxyl groups excluding tert-OH is 1. The molecule has 1 saturated heterocycles. The van der Waals surface area contributed by atoms with E-state index in [9.17, 15) is 10.2 Å². The quantitative estimate of drug-likeness (QED) is 0.335. The summed E-state index contributed by atoms with van der Waals surface area (Å²) in [6.07, 6.45) is 3.37. The van der Waals surface area contributed by atoms with Crippen molar-refractivity contribution in [3.05, 3.63) is 47.7 Å². The first-order chi connectivity index (χ1) is 19.1. The molecule has 1 aromatic heterocycles. The van der Waals surface area contributed by atoms with Crippen molar-refractivity contribution in [2.75, 3.05) is 63.3 Å². The second-order valence-corrected chi connectivity index (χ2v) is 9.51. The topological polar surface area (TPSA) is 106 Å². The molecule has 9 heteroatoms. The molecule has 39 heavy (non-hydrogen) atoms. The Hall–Kier alpha value is -3.14. The molecule has 0 saturated carbocycles. The van der Waals surface area contributed by atoms with E-state index in [0.717, 1.165) is 72.7 Å². The summed E-state index contributed by atoms with van der Waals surface area (Å²) < 4.78 is 5.43. The molecule has 9 nitrogen and oxygen atoms in total. The lowest BCUT2D eigenvalue weighted by Crippen LogP contribution is -2.54. The van der Waals surface area contributed by atoms with Gasteiger partial charge in [-0.1, -0.05) is 51.5 Å². The van der Waals surface area contributed by atoms with Gasteiger partial charge in [-0.25, -0.2) is 0 Å². The molecule has 3 aromatic rings.